The van der Waals surface area contributed by atoms with Crippen LogP contribution in [0, 0.1) is 23.2 Å². The fraction of sp³-hybridized carbons (Fsp3) is 0.647. The molecule has 0 aromatic heterocycles. The second-order valence-corrected chi connectivity index (χ2v) is 8.20. The van der Waals surface area contributed by atoms with Crippen molar-refractivity contribution in [2.75, 3.05) is 11.9 Å². The van der Waals surface area contributed by atoms with E-state index in [1.807, 2.05) is 0 Å². The molecule has 5 rings (SSSR count). The van der Waals surface area contributed by atoms with Crippen LogP contribution < -0.4 is 5.32 Å². The largest absolute Gasteiger partial charge is 0.384 e. The zero-order valence-corrected chi connectivity index (χ0v) is 13.0. The fourth-order valence-corrected chi connectivity index (χ4v) is 5.79. The Morgan fingerprint density at radius 1 is 1.05 bits per heavy atom. The van der Waals surface area contributed by atoms with E-state index < -0.39 is 0 Å². The molecule has 4 fully saturated rings. The molecule has 0 atom stereocenters. The highest BCUT2D eigenvalue weighted by Crippen LogP contribution is 2.59. The van der Waals surface area contributed by atoms with Crippen molar-refractivity contribution in [3.05, 3.63) is 28.7 Å². The minimum Gasteiger partial charge on any atom is -0.384 e. The molecule has 0 amide bonds. The molecule has 0 unspecified atom stereocenters. The van der Waals surface area contributed by atoms with Crippen molar-refractivity contribution in [1.82, 2.24) is 0 Å². The van der Waals surface area contributed by atoms with E-state index in [-0.39, 0.29) is 0 Å². The Bertz CT molecular complexity index is 447. The van der Waals surface area contributed by atoms with E-state index in [0.29, 0.717) is 5.41 Å². The predicted molar refractivity (Wildman–Crippen MR) is 83.2 cm³/mol. The molecular formula is C17H22BrN. The molecule has 1 aromatic rings. The highest BCUT2D eigenvalue weighted by molar-refractivity contribution is 9.10. The summed E-state index contributed by atoms with van der Waals surface area (Å²) < 4.78 is 1.17. The lowest BCUT2D eigenvalue weighted by Gasteiger charge is -2.57. The molecule has 4 bridgehead atoms. The minimum atomic E-state index is 0.622. The summed E-state index contributed by atoms with van der Waals surface area (Å²) in [7, 11) is 0. The van der Waals surface area contributed by atoms with Gasteiger partial charge in [-0.2, -0.15) is 0 Å². The van der Waals surface area contributed by atoms with Crippen molar-refractivity contribution in [1.29, 1.82) is 0 Å². The smallest absolute Gasteiger partial charge is 0.0351 e. The zero-order chi connectivity index (χ0) is 12.9. The Morgan fingerprint density at radius 2 is 1.68 bits per heavy atom. The van der Waals surface area contributed by atoms with Gasteiger partial charge in [0.05, 0.1) is 0 Å². The quantitative estimate of drug-likeness (QED) is 0.819. The SMILES string of the molecule is Brc1cccc(NCC23CC4CC(CC(C4)C2)C3)c1. The Kier molecular flexibility index (Phi) is 2.91. The summed E-state index contributed by atoms with van der Waals surface area (Å²) in [5.41, 5.74) is 1.89. The van der Waals surface area contributed by atoms with Crippen LogP contribution in [0.5, 0.6) is 0 Å². The number of hydrogen-bond donors (Lipinski definition) is 1. The van der Waals surface area contributed by atoms with E-state index in [0.717, 1.165) is 17.8 Å². The Labute approximate surface area is 124 Å². The van der Waals surface area contributed by atoms with Gasteiger partial charge in [0.1, 0.15) is 0 Å². The lowest BCUT2D eigenvalue weighted by atomic mass is 9.49. The topological polar surface area (TPSA) is 12.0 Å². The van der Waals surface area contributed by atoms with Crippen LogP contribution in [0.3, 0.4) is 0 Å². The Hall–Kier alpha value is -0.500. The molecule has 1 N–H and O–H groups in total. The molecule has 2 heteroatoms. The van der Waals surface area contributed by atoms with E-state index in [9.17, 15) is 0 Å². The average Bonchev–Trinajstić information content (AvgIpc) is 2.35. The molecule has 0 radical (unpaired) electrons. The van der Waals surface area contributed by atoms with E-state index in [4.69, 9.17) is 0 Å². The van der Waals surface area contributed by atoms with Gasteiger partial charge >= 0.3 is 0 Å². The van der Waals surface area contributed by atoms with Crippen LogP contribution in [-0.2, 0) is 0 Å². The van der Waals surface area contributed by atoms with Crippen LogP contribution in [0.15, 0.2) is 28.7 Å². The molecule has 19 heavy (non-hydrogen) atoms. The molecule has 0 saturated heterocycles. The van der Waals surface area contributed by atoms with Crippen LogP contribution in [0.1, 0.15) is 38.5 Å². The maximum absolute atomic E-state index is 3.71. The first-order chi connectivity index (χ1) is 9.21. The van der Waals surface area contributed by atoms with Gasteiger partial charge in [-0.25, -0.2) is 0 Å². The number of hydrogen-bond acceptors (Lipinski definition) is 1. The van der Waals surface area contributed by atoms with Gasteiger partial charge in [0.2, 0.25) is 0 Å². The maximum atomic E-state index is 3.71. The highest BCUT2D eigenvalue weighted by atomic mass is 79.9. The third kappa shape index (κ3) is 2.33. The normalized spacial score (nSPS) is 39.5. The summed E-state index contributed by atoms with van der Waals surface area (Å²) >= 11 is 3.56. The molecule has 4 aliphatic rings. The third-order valence-corrected chi connectivity index (χ3v) is 6.15. The molecule has 0 spiro atoms. The van der Waals surface area contributed by atoms with Gasteiger partial charge in [-0.3, -0.25) is 0 Å². The molecule has 0 heterocycles. The van der Waals surface area contributed by atoms with Gasteiger partial charge in [-0.05, 0) is 79.9 Å². The standard InChI is InChI=1S/C17H22BrN/c18-15-2-1-3-16(7-15)19-11-17-8-12-4-13(9-17)6-14(5-12)10-17/h1-3,7,12-14,19H,4-6,8-11H2. The van der Waals surface area contributed by atoms with E-state index >= 15 is 0 Å². The van der Waals surface area contributed by atoms with Crippen molar-refractivity contribution >= 4 is 21.6 Å². The zero-order valence-electron chi connectivity index (χ0n) is 11.4. The fourth-order valence-electron chi connectivity index (χ4n) is 5.39. The van der Waals surface area contributed by atoms with Gasteiger partial charge in [0.25, 0.3) is 0 Å². The Morgan fingerprint density at radius 3 is 2.26 bits per heavy atom. The van der Waals surface area contributed by atoms with Crippen molar-refractivity contribution in [2.24, 2.45) is 23.2 Å². The van der Waals surface area contributed by atoms with Crippen LogP contribution in [0.4, 0.5) is 5.69 Å². The number of anilines is 1. The molecule has 1 nitrogen and oxygen atoms in total. The lowest BCUT2D eigenvalue weighted by Crippen LogP contribution is -2.49. The number of benzene rings is 1. The van der Waals surface area contributed by atoms with Gasteiger partial charge in [0, 0.05) is 16.7 Å². The van der Waals surface area contributed by atoms with Crippen molar-refractivity contribution in [3.8, 4) is 0 Å². The minimum absolute atomic E-state index is 0.622. The average molecular weight is 320 g/mol. The molecular weight excluding hydrogens is 298 g/mol. The first-order valence-electron chi connectivity index (χ1n) is 7.70. The van der Waals surface area contributed by atoms with Gasteiger partial charge in [-0.15, -0.1) is 0 Å². The second-order valence-electron chi connectivity index (χ2n) is 7.28. The third-order valence-electron chi connectivity index (χ3n) is 5.66. The lowest BCUT2D eigenvalue weighted by molar-refractivity contribution is -0.0444. The Balaban J connectivity index is 1.48. The summed E-state index contributed by atoms with van der Waals surface area (Å²) in [4.78, 5) is 0. The highest BCUT2D eigenvalue weighted by Gasteiger charge is 2.50. The van der Waals surface area contributed by atoms with Crippen LogP contribution in [0.25, 0.3) is 0 Å². The van der Waals surface area contributed by atoms with Crippen molar-refractivity contribution < 1.29 is 0 Å². The summed E-state index contributed by atoms with van der Waals surface area (Å²) in [6.07, 6.45) is 9.07. The first-order valence-corrected chi connectivity index (χ1v) is 8.50. The monoisotopic (exact) mass is 319 g/mol. The van der Waals surface area contributed by atoms with E-state index in [1.54, 1.807) is 0 Å². The number of halogens is 1. The van der Waals surface area contributed by atoms with E-state index in [1.165, 1.54) is 55.2 Å². The van der Waals surface area contributed by atoms with E-state index in [2.05, 4.69) is 45.5 Å². The predicted octanol–water partition coefficient (Wildman–Crippen LogP) is 5.08. The van der Waals surface area contributed by atoms with Crippen molar-refractivity contribution in [3.63, 3.8) is 0 Å². The molecule has 1 aromatic carbocycles. The molecule has 4 saturated carbocycles. The number of rotatable bonds is 3. The van der Waals surface area contributed by atoms with Gasteiger partial charge in [0.15, 0.2) is 0 Å². The van der Waals surface area contributed by atoms with Crippen LogP contribution in [0.2, 0.25) is 0 Å². The van der Waals surface area contributed by atoms with Gasteiger partial charge < -0.3 is 5.32 Å². The second kappa shape index (κ2) is 4.51. The molecule has 0 aliphatic heterocycles. The molecule has 4 aliphatic carbocycles. The summed E-state index contributed by atoms with van der Waals surface area (Å²) in [5, 5.41) is 3.71. The van der Waals surface area contributed by atoms with Crippen LogP contribution >= 0.6 is 15.9 Å². The number of nitrogens with one attached hydrogen (secondary N) is 1. The maximum Gasteiger partial charge on any atom is 0.0351 e. The van der Waals surface area contributed by atoms with Crippen molar-refractivity contribution in [2.45, 2.75) is 38.5 Å². The summed E-state index contributed by atoms with van der Waals surface area (Å²) in [5.74, 6) is 3.15. The summed E-state index contributed by atoms with van der Waals surface area (Å²) in [6, 6.07) is 8.59. The first kappa shape index (κ1) is 12.3. The molecule has 102 valence electrons. The van der Waals surface area contributed by atoms with Crippen LogP contribution in [-0.4, -0.2) is 6.54 Å². The van der Waals surface area contributed by atoms with Gasteiger partial charge in [-0.1, -0.05) is 22.0 Å². The summed E-state index contributed by atoms with van der Waals surface area (Å²) in [6.45, 7) is 1.19.